The smallest absolute Gasteiger partial charge is 0.247 e. The third-order valence-electron chi connectivity index (χ3n) is 7.49. The second-order valence-corrected chi connectivity index (χ2v) is 9.46. The van der Waals surface area contributed by atoms with Gasteiger partial charge in [-0.2, -0.15) is 0 Å². The summed E-state index contributed by atoms with van der Waals surface area (Å²) in [5.74, 6) is 1.69. The lowest BCUT2D eigenvalue weighted by Gasteiger charge is -2.45. The van der Waals surface area contributed by atoms with E-state index in [1.165, 1.54) is 18.4 Å². The van der Waals surface area contributed by atoms with Crippen LogP contribution < -0.4 is 10.2 Å². The van der Waals surface area contributed by atoms with E-state index >= 15 is 0 Å². The number of nitrogens with zero attached hydrogens (tertiary/aromatic N) is 6. The minimum absolute atomic E-state index is 0.155. The number of tetrazole rings is 1. The van der Waals surface area contributed by atoms with Crippen molar-refractivity contribution >= 4 is 11.6 Å². The van der Waals surface area contributed by atoms with Gasteiger partial charge in [0.15, 0.2) is 5.82 Å². The molecule has 0 bridgehead atoms. The second-order valence-electron chi connectivity index (χ2n) is 9.46. The number of piperidine rings is 1. The van der Waals surface area contributed by atoms with Crippen LogP contribution in [0, 0.1) is 5.92 Å². The van der Waals surface area contributed by atoms with Crippen molar-refractivity contribution in [3.05, 3.63) is 72.1 Å². The summed E-state index contributed by atoms with van der Waals surface area (Å²) in [4.78, 5) is 17.8. The van der Waals surface area contributed by atoms with Gasteiger partial charge in [0.2, 0.25) is 5.91 Å². The highest BCUT2D eigenvalue weighted by Crippen LogP contribution is 2.46. The molecule has 1 unspecified atom stereocenters. The number of para-hydroxylation sites is 1. The van der Waals surface area contributed by atoms with Crippen molar-refractivity contribution in [1.82, 2.24) is 30.4 Å². The maximum atomic E-state index is 13.0. The molecule has 3 aliphatic rings. The zero-order chi connectivity index (χ0) is 22.3. The summed E-state index contributed by atoms with van der Waals surface area (Å²) in [6.45, 7) is 2.96. The van der Waals surface area contributed by atoms with Crippen molar-refractivity contribution < 1.29 is 4.79 Å². The minimum Gasteiger partial charge on any atom is -0.339 e. The topological polar surface area (TPSA) is 79.2 Å². The molecular formula is C25H29N7O. The van der Waals surface area contributed by atoms with Gasteiger partial charge in [-0.1, -0.05) is 48.5 Å². The predicted octanol–water partition coefficient (Wildman–Crippen LogP) is 2.60. The molecule has 1 spiro atoms. The van der Waals surface area contributed by atoms with Gasteiger partial charge >= 0.3 is 0 Å². The number of hydrogen-bond acceptors (Lipinski definition) is 6. The van der Waals surface area contributed by atoms with Crippen molar-refractivity contribution in [2.75, 3.05) is 24.7 Å². The van der Waals surface area contributed by atoms with Crippen LogP contribution in [0.5, 0.6) is 0 Å². The van der Waals surface area contributed by atoms with Crippen molar-refractivity contribution in [3.63, 3.8) is 0 Å². The largest absolute Gasteiger partial charge is 0.339 e. The number of carbonyl (C=O) groups excluding carboxylic acids is 1. The third-order valence-corrected chi connectivity index (χ3v) is 7.49. The monoisotopic (exact) mass is 443 g/mol. The van der Waals surface area contributed by atoms with Crippen molar-refractivity contribution in [1.29, 1.82) is 0 Å². The number of benzene rings is 2. The Bertz CT molecular complexity index is 1100. The van der Waals surface area contributed by atoms with Gasteiger partial charge in [-0.15, -0.1) is 5.10 Å². The molecule has 170 valence electrons. The molecule has 2 saturated heterocycles. The average molecular weight is 444 g/mol. The number of amides is 1. The van der Waals surface area contributed by atoms with Crippen LogP contribution in [0.4, 0.5) is 5.69 Å². The Hall–Kier alpha value is -3.26. The van der Waals surface area contributed by atoms with Gasteiger partial charge in [-0.25, -0.2) is 4.68 Å². The van der Waals surface area contributed by atoms with Gasteiger partial charge in [0.1, 0.15) is 5.54 Å². The molecule has 2 aromatic carbocycles. The molecule has 1 amide bonds. The van der Waals surface area contributed by atoms with Gasteiger partial charge in [0, 0.05) is 18.8 Å². The third kappa shape index (κ3) is 3.68. The van der Waals surface area contributed by atoms with Crippen molar-refractivity contribution in [3.8, 4) is 0 Å². The van der Waals surface area contributed by atoms with Crippen LogP contribution in [0.3, 0.4) is 0 Å². The number of anilines is 1. The van der Waals surface area contributed by atoms with E-state index in [0.717, 1.165) is 37.4 Å². The number of likely N-dealkylation sites (tertiary alicyclic amines) is 1. The molecule has 2 aliphatic heterocycles. The molecule has 3 heterocycles. The highest BCUT2D eigenvalue weighted by molar-refractivity contribution is 5.93. The lowest BCUT2D eigenvalue weighted by Crippen LogP contribution is -2.57. The fourth-order valence-corrected chi connectivity index (χ4v) is 5.58. The molecule has 3 fully saturated rings. The maximum Gasteiger partial charge on any atom is 0.247 e. The van der Waals surface area contributed by atoms with Crippen LogP contribution in [0.2, 0.25) is 0 Å². The number of hydrogen-bond donors (Lipinski definition) is 1. The first-order valence-corrected chi connectivity index (χ1v) is 11.9. The zero-order valence-corrected chi connectivity index (χ0v) is 18.7. The number of nitrogens with one attached hydrogen (secondary N) is 1. The standard InChI is InChI=1S/C25H29N7O/c33-24-25(31(18-26-24)21-9-5-2-6-10-21)13-15-30(16-14-25)22(20-11-12-20)23-27-28-29-32(23)17-19-7-3-1-4-8-19/h1-10,20,22H,11-18H2,(H,26,33). The molecule has 1 N–H and O–H groups in total. The maximum absolute atomic E-state index is 13.0. The minimum atomic E-state index is -0.470. The van der Waals surface area contributed by atoms with Gasteiger partial charge < -0.3 is 10.2 Å². The first kappa shape index (κ1) is 20.4. The van der Waals surface area contributed by atoms with Gasteiger partial charge in [0.05, 0.1) is 19.3 Å². The molecule has 33 heavy (non-hydrogen) atoms. The van der Waals surface area contributed by atoms with Crippen LogP contribution >= 0.6 is 0 Å². The van der Waals surface area contributed by atoms with E-state index in [2.05, 4.69) is 54.9 Å². The Morgan fingerprint density at radius 3 is 2.39 bits per heavy atom. The van der Waals surface area contributed by atoms with Crippen molar-refractivity contribution in [2.24, 2.45) is 5.92 Å². The molecule has 1 aliphatic carbocycles. The van der Waals surface area contributed by atoms with E-state index in [0.29, 0.717) is 19.1 Å². The molecule has 8 heteroatoms. The Kier molecular flexibility index (Phi) is 5.10. The lowest BCUT2D eigenvalue weighted by molar-refractivity contribution is -0.125. The normalized spacial score (nSPS) is 21.3. The molecule has 1 saturated carbocycles. The van der Waals surface area contributed by atoms with E-state index in [4.69, 9.17) is 0 Å². The summed E-state index contributed by atoms with van der Waals surface area (Å²) < 4.78 is 1.96. The van der Waals surface area contributed by atoms with E-state index in [9.17, 15) is 4.79 Å². The molecule has 6 rings (SSSR count). The van der Waals surface area contributed by atoms with Crippen LogP contribution in [0.1, 0.15) is 43.1 Å². The first-order valence-electron chi connectivity index (χ1n) is 11.9. The molecule has 0 radical (unpaired) electrons. The van der Waals surface area contributed by atoms with Gasteiger partial charge in [-0.05, 0) is 59.7 Å². The van der Waals surface area contributed by atoms with E-state index in [1.54, 1.807) is 0 Å². The van der Waals surface area contributed by atoms with E-state index in [1.807, 2.05) is 41.1 Å². The van der Waals surface area contributed by atoms with E-state index < -0.39 is 5.54 Å². The summed E-state index contributed by atoms with van der Waals surface area (Å²) in [5.41, 5.74) is 1.83. The zero-order valence-electron chi connectivity index (χ0n) is 18.7. The van der Waals surface area contributed by atoms with Crippen LogP contribution in [0.25, 0.3) is 0 Å². The lowest BCUT2D eigenvalue weighted by atomic mass is 9.84. The predicted molar refractivity (Wildman–Crippen MR) is 124 cm³/mol. The Balaban J connectivity index is 1.23. The first-order chi connectivity index (χ1) is 16.2. The Labute approximate surface area is 193 Å². The summed E-state index contributed by atoms with van der Waals surface area (Å²) in [5, 5.41) is 16.0. The second kappa shape index (κ2) is 8.26. The Morgan fingerprint density at radius 1 is 1.00 bits per heavy atom. The SMILES string of the molecule is O=C1NCN(c2ccccc2)C12CCN(C(c1nnnn1Cc1ccccc1)C1CC1)CC2. The molecule has 8 nitrogen and oxygen atoms in total. The number of rotatable bonds is 6. The summed E-state index contributed by atoms with van der Waals surface area (Å²) >= 11 is 0. The summed E-state index contributed by atoms with van der Waals surface area (Å²) in [6, 6.07) is 20.8. The molecule has 3 aromatic rings. The van der Waals surface area contributed by atoms with E-state index in [-0.39, 0.29) is 11.9 Å². The summed E-state index contributed by atoms with van der Waals surface area (Å²) in [6.07, 6.45) is 4.02. The highest BCUT2D eigenvalue weighted by atomic mass is 16.2. The molecular weight excluding hydrogens is 414 g/mol. The quantitative estimate of drug-likeness (QED) is 0.631. The van der Waals surface area contributed by atoms with Crippen LogP contribution in [-0.4, -0.2) is 56.3 Å². The fourth-order valence-electron chi connectivity index (χ4n) is 5.58. The van der Waals surface area contributed by atoms with Crippen LogP contribution in [-0.2, 0) is 11.3 Å². The van der Waals surface area contributed by atoms with Gasteiger partial charge in [0.25, 0.3) is 0 Å². The fraction of sp³-hybridized carbons (Fsp3) is 0.440. The van der Waals surface area contributed by atoms with Crippen LogP contribution in [0.15, 0.2) is 60.7 Å². The molecule has 1 aromatic heterocycles. The molecule has 1 atom stereocenters. The van der Waals surface area contributed by atoms with Gasteiger partial charge in [-0.3, -0.25) is 9.69 Å². The Morgan fingerprint density at radius 2 is 1.70 bits per heavy atom. The average Bonchev–Trinajstić information content (AvgIpc) is 3.52. The van der Waals surface area contributed by atoms with Crippen molar-refractivity contribution in [2.45, 2.75) is 43.8 Å². The highest BCUT2D eigenvalue weighted by Gasteiger charge is 2.52. The number of aromatic nitrogens is 4. The summed E-state index contributed by atoms with van der Waals surface area (Å²) in [7, 11) is 0. The number of carbonyl (C=O) groups is 1.